The van der Waals surface area contributed by atoms with E-state index >= 15 is 0 Å². The van der Waals surface area contributed by atoms with Crippen LogP contribution in [0.25, 0.3) is 10.8 Å². The van der Waals surface area contributed by atoms with Crippen molar-refractivity contribution >= 4 is 28.7 Å². The quantitative estimate of drug-likeness (QED) is 0.415. The molecule has 3 aliphatic heterocycles. The van der Waals surface area contributed by atoms with Crippen LogP contribution in [-0.4, -0.2) is 24.2 Å². The number of carbonyl (C=O) groups is 3. The number of ether oxygens (including phenoxy) is 3. The van der Waals surface area contributed by atoms with Crippen LogP contribution in [0.3, 0.4) is 0 Å². The van der Waals surface area contributed by atoms with Gasteiger partial charge in [-0.1, -0.05) is 18.2 Å². The average molecular weight is 282 g/mol. The third kappa shape index (κ3) is 1.23. The molecule has 3 aliphatic rings. The Bertz CT molecular complexity index is 897. The van der Waals surface area contributed by atoms with Gasteiger partial charge in [0.25, 0.3) is 0 Å². The van der Waals surface area contributed by atoms with Crippen molar-refractivity contribution in [2.75, 3.05) is 0 Å². The first-order valence-corrected chi connectivity index (χ1v) is 6.38. The molecule has 0 spiro atoms. The molecule has 21 heavy (non-hydrogen) atoms. The van der Waals surface area contributed by atoms with E-state index in [0.717, 1.165) is 5.56 Å². The maximum Gasteiger partial charge on any atom is 0.347 e. The molecule has 5 rings (SSSR count). The van der Waals surface area contributed by atoms with Gasteiger partial charge >= 0.3 is 17.9 Å². The van der Waals surface area contributed by atoms with E-state index in [-0.39, 0.29) is 17.2 Å². The summed E-state index contributed by atoms with van der Waals surface area (Å²) in [7, 11) is 0. The molecule has 1 saturated heterocycles. The van der Waals surface area contributed by atoms with E-state index in [1.807, 2.05) is 0 Å². The van der Waals surface area contributed by atoms with Gasteiger partial charge in [-0.25, -0.2) is 14.4 Å². The van der Waals surface area contributed by atoms with Crippen molar-refractivity contribution < 1.29 is 28.6 Å². The lowest BCUT2D eigenvalue weighted by Gasteiger charge is -2.14. The van der Waals surface area contributed by atoms with Crippen LogP contribution in [-0.2, 0) is 14.2 Å². The number of carbonyl (C=O) groups excluding carboxylic acids is 3. The van der Waals surface area contributed by atoms with E-state index in [9.17, 15) is 14.4 Å². The van der Waals surface area contributed by atoms with Gasteiger partial charge in [-0.2, -0.15) is 0 Å². The minimum Gasteiger partial charge on any atom is -0.429 e. The standard InChI is InChI=1S/C15H6O6/c16-12-8-4-2-5-6(10(8)13(17)20-12)1-3-7-9(5)14(18)21-15-11(7)19-15/h1-4,11,15H. The van der Waals surface area contributed by atoms with E-state index in [0.29, 0.717) is 16.3 Å². The van der Waals surface area contributed by atoms with Gasteiger partial charge in [-0.05, 0) is 16.8 Å². The largest absolute Gasteiger partial charge is 0.429 e. The van der Waals surface area contributed by atoms with Gasteiger partial charge in [0.2, 0.25) is 6.29 Å². The maximum absolute atomic E-state index is 12.1. The molecule has 0 amide bonds. The number of epoxide rings is 1. The molecule has 102 valence electrons. The van der Waals surface area contributed by atoms with Crippen molar-refractivity contribution in [2.45, 2.75) is 12.4 Å². The van der Waals surface area contributed by atoms with Gasteiger partial charge < -0.3 is 14.2 Å². The third-order valence-corrected chi connectivity index (χ3v) is 4.03. The third-order valence-electron chi connectivity index (χ3n) is 4.03. The summed E-state index contributed by atoms with van der Waals surface area (Å²) in [6, 6.07) is 6.58. The number of rotatable bonds is 0. The van der Waals surface area contributed by atoms with E-state index in [1.54, 1.807) is 18.2 Å². The predicted octanol–water partition coefficient (Wildman–Crippen LogP) is 1.72. The molecule has 1 fully saturated rings. The molecule has 0 aromatic heterocycles. The highest BCUT2D eigenvalue weighted by molar-refractivity contribution is 6.23. The monoisotopic (exact) mass is 282 g/mol. The second-order valence-electron chi connectivity index (χ2n) is 5.12. The maximum atomic E-state index is 12.1. The highest BCUT2D eigenvalue weighted by Crippen LogP contribution is 2.47. The fourth-order valence-corrected chi connectivity index (χ4v) is 3.04. The van der Waals surface area contributed by atoms with Crippen LogP contribution < -0.4 is 0 Å². The van der Waals surface area contributed by atoms with Crippen LogP contribution >= 0.6 is 0 Å². The molecule has 2 unspecified atom stereocenters. The molecule has 0 bridgehead atoms. The summed E-state index contributed by atoms with van der Waals surface area (Å²) < 4.78 is 15.0. The Hall–Kier alpha value is -2.73. The van der Waals surface area contributed by atoms with Gasteiger partial charge in [0, 0.05) is 5.56 Å². The summed E-state index contributed by atoms with van der Waals surface area (Å²) in [6.45, 7) is 0. The molecule has 0 radical (unpaired) electrons. The summed E-state index contributed by atoms with van der Waals surface area (Å²) in [6.07, 6.45) is -0.729. The number of benzene rings is 2. The molecule has 0 saturated carbocycles. The smallest absolute Gasteiger partial charge is 0.347 e. The summed E-state index contributed by atoms with van der Waals surface area (Å²) in [5.41, 5.74) is 1.56. The second kappa shape index (κ2) is 3.29. The zero-order valence-electron chi connectivity index (χ0n) is 10.4. The van der Waals surface area contributed by atoms with Crippen LogP contribution in [0.1, 0.15) is 42.7 Å². The van der Waals surface area contributed by atoms with Crippen LogP contribution in [0.15, 0.2) is 24.3 Å². The minimum absolute atomic E-state index is 0.201. The Labute approximate surface area is 117 Å². The first-order valence-electron chi connectivity index (χ1n) is 6.38. The van der Waals surface area contributed by atoms with Crippen LogP contribution in [0, 0.1) is 0 Å². The molecule has 0 aliphatic carbocycles. The SMILES string of the molecule is O=C1OC(=O)c2c1ccc1c3c(ccc21)C1OC1OC3=O. The minimum atomic E-state index is -0.690. The van der Waals surface area contributed by atoms with E-state index in [1.165, 1.54) is 6.07 Å². The molecule has 0 N–H and O–H groups in total. The lowest BCUT2D eigenvalue weighted by Crippen LogP contribution is -2.16. The molecule has 2 aromatic rings. The number of esters is 3. The fraction of sp³-hybridized carbons (Fsp3) is 0.133. The summed E-state index contributed by atoms with van der Waals surface area (Å²) in [5, 5.41) is 1.08. The Morgan fingerprint density at radius 2 is 1.57 bits per heavy atom. The van der Waals surface area contributed by atoms with Crippen LogP contribution in [0.5, 0.6) is 0 Å². The molecular formula is C15H6O6. The number of fused-ring (bicyclic) bond motifs is 7. The molecular weight excluding hydrogens is 276 g/mol. The van der Waals surface area contributed by atoms with E-state index in [2.05, 4.69) is 4.74 Å². The second-order valence-corrected chi connectivity index (χ2v) is 5.12. The Morgan fingerprint density at radius 3 is 2.43 bits per heavy atom. The van der Waals surface area contributed by atoms with E-state index < -0.39 is 24.2 Å². The van der Waals surface area contributed by atoms with Gasteiger partial charge in [-0.15, -0.1) is 0 Å². The fourth-order valence-electron chi connectivity index (χ4n) is 3.04. The lowest BCUT2D eigenvalue weighted by atomic mass is 9.92. The summed E-state index contributed by atoms with van der Waals surface area (Å²) in [4.78, 5) is 35.5. The number of hydrogen-bond acceptors (Lipinski definition) is 6. The zero-order valence-corrected chi connectivity index (χ0v) is 10.4. The van der Waals surface area contributed by atoms with Gasteiger partial charge in [0.15, 0.2) is 6.10 Å². The topological polar surface area (TPSA) is 82.2 Å². The van der Waals surface area contributed by atoms with Gasteiger partial charge in [0.05, 0.1) is 16.7 Å². The first-order chi connectivity index (χ1) is 10.1. The van der Waals surface area contributed by atoms with Crippen molar-refractivity contribution in [1.29, 1.82) is 0 Å². The highest BCUT2D eigenvalue weighted by Gasteiger charge is 2.50. The molecule has 6 heteroatoms. The zero-order chi connectivity index (χ0) is 14.3. The predicted molar refractivity (Wildman–Crippen MR) is 66.7 cm³/mol. The Kier molecular flexibility index (Phi) is 1.72. The summed E-state index contributed by atoms with van der Waals surface area (Å²) >= 11 is 0. The molecule has 2 aromatic carbocycles. The van der Waals surface area contributed by atoms with E-state index in [4.69, 9.17) is 9.47 Å². The molecule has 2 atom stereocenters. The number of cyclic esters (lactones) is 2. The van der Waals surface area contributed by atoms with Crippen molar-refractivity contribution in [1.82, 2.24) is 0 Å². The number of hydrogen-bond donors (Lipinski definition) is 0. The van der Waals surface area contributed by atoms with Crippen LogP contribution in [0.4, 0.5) is 0 Å². The van der Waals surface area contributed by atoms with Crippen molar-refractivity contribution in [3.8, 4) is 0 Å². The lowest BCUT2D eigenvalue weighted by molar-refractivity contribution is 0.0292. The van der Waals surface area contributed by atoms with Crippen molar-refractivity contribution in [3.63, 3.8) is 0 Å². The van der Waals surface area contributed by atoms with Gasteiger partial charge in [-0.3, -0.25) is 0 Å². The van der Waals surface area contributed by atoms with Crippen molar-refractivity contribution in [3.05, 3.63) is 46.5 Å². The van der Waals surface area contributed by atoms with Crippen molar-refractivity contribution in [2.24, 2.45) is 0 Å². The molecule has 6 nitrogen and oxygen atoms in total. The Balaban J connectivity index is 1.90. The summed E-state index contributed by atoms with van der Waals surface area (Å²) in [5.74, 6) is -1.83. The highest BCUT2D eigenvalue weighted by atomic mass is 16.8. The van der Waals surface area contributed by atoms with Gasteiger partial charge in [0.1, 0.15) is 0 Å². The normalized spacial score (nSPS) is 25.0. The average Bonchev–Trinajstić information content (AvgIpc) is 3.18. The van der Waals surface area contributed by atoms with Crippen LogP contribution in [0.2, 0.25) is 0 Å². The first kappa shape index (κ1) is 11.0. The molecule has 3 heterocycles. The Morgan fingerprint density at radius 1 is 0.810 bits per heavy atom.